The van der Waals surface area contributed by atoms with Crippen LogP contribution in [0.1, 0.15) is 6.42 Å². The second kappa shape index (κ2) is 7.65. The van der Waals surface area contributed by atoms with E-state index < -0.39 is 18.1 Å². The second-order valence-corrected chi connectivity index (χ2v) is 5.67. The molecule has 0 aliphatic carbocycles. The van der Waals surface area contributed by atoms with Crippen molar-refractivity contribution in [1.82, 2.24) is 5.32 Å². The molecule has 0 aliphatic heterocycles. The van der Waals surface area contributed by atoms with Crippen LogP contribution in [0.5, 0.6) is 0 Å². The summed E-state index contributed by atoms with van der Waals surface area (Å²) < 4.78 is 1.89. The highest BCUT2D eigenvalue weighted by atomic mass is 127. The first-order chi connectivity index (χ1) is 8.90. The zero-order chi connectivity index (χ0) is 14.4. The van der Waals surface area contributed by atoms with Gasteiger partial charge in [-0.2, -0.15) is 0 Å². The molecule has 8 heteroatoms. The summed E-state index contributed by atoms with van der Waals surface area (Å²) >= 11 is 5.47. The second-order valence-electron chi connectivity index (χ2n) is 3.65. The Morgan fingerprint density at radius 3 is 2.68 bits per heavy atom. The molecule has 0 saturated carbocycles. The van der Waals surface area contributed by atoms with E-state index in [-0.39, 0.29) is 13.0 Å². The van der Waals surface area contributed by atoms with Crippen molar-refractivity contribution in [2.45, 2.75) is 12.5 Å². The van der Waals surface area contributed by atoms with Crippen LogP contribution in [0.3, 0.4) is 0 Å². The van der Waals surface area contributed by atoms with Gasteiger partial charge < -0.3 is 20.8 Å². The van der Waals surface area contributed by atoms with E-state index >= 15 is 0 Å². The van der Waals surface area contributed by atoms with E-state index in [2.05, 4.69) is 49.2 Å². The van der Waals surface area contributed by atoms with Crippen molar-refractivity contribution < 1.29 is 19.8 Å². The molecule has 0 spiro atoms. The topological polar surface area (TPSA) is 98.7 Å². The first-order valence-corrected chi connectivity index (χ1v) is 7.18. The number of hydrogen-bond acceptors (Lipinski definition) is 3. The van der Waals surface area contributed by atoms with Crippen LogP contribution < -0.4 is 10.6 Å². The lowest BCUT2D eigenvalue weighted by atomic mass is 10.2. The predicted molar refractivity (Wildman–Crippen MR) is 82.1 cm³/mol. The fraction of sp³-hybridized carbons (Fsp3) is 0.273. The molecule has 2 amide bonds. The zero-order valence-electron chi connectivity index (χ0n) is 9.69. The molecule has 6 nitrogen and oxygen atoms in total. The fourth-order valence-corrected chi connectivity index (χ4v) is 1.96. The molecular weight excluding hydrogens is 431 g/mol. The normalized spacial score (nSPS) is 11.7. The minimum atomic E-state index is -1.46. The van der Waals surface area contributed by atoms with Crippen molar-refractivity contribution in [2.24, 2.45) is 0 Å². The highest BCUT2D eigenvalue weighted by Gasteiger charge is 2.12. The van der Waals surface area contributed by atoms with Crippen molar-refractivity contribution in [2.75, 3.05) is 11.9 Å². The van der Waals surface area contributed by atoms with E-state index in [1.807, 2.05) is 6.07 Å². The number of carbonyl (C=O) groups excluding carboxylic acids is 1. The number of carboxylic acids is 1. The molecule has 0 heterocycles. The lowest BCUT2D eigenvalue weighted by Gasteiger charge is -2.09. The lowest BCUT2D eigenvalue weighted by Crippen LogP contribution is -2.33. The first-order valence-electron chi connectivity index (χ1n) is 5.31. The largest absolute Gasteiger partial charge is 0.479 e. The summed E-state index contributed by atoms with van der Waals surface area (Å²) in [7, 11) is 0. The molecule has 1 rings (SSSR count). The van der Waals surface area contributed by atoms with Gasteiger partial charge in [-0.25, -0.2) is 9.59 Å². The van der Waals surface area contributed by atoms with E-state index in [4.69, 9.17) is 10.2 Å². The Hall–Kier alpha value is -0.870. The minimum Gasteiger partial charge on any atom is -0.479 e. The number of benzene rings is 1. The van der Waals surface area contributed by atoms with Crippen LogP contribution in [0, 0.1) is 3.57 Å². The van der Waals surface area contributed by atoms with Crippen LogP contribution >= 0.6 is 38.5 Å². The summed E-state index contributed by atoms with van der Waals surface area (Å²) in [5, 5.41) is 22.5. The minimum absolute atomic E-state index is 0.0410. The molecule has 0 saturated heterocycles. The SMILES string of the molecule is O=C(NCC[C@H](O)C(=O)O)Nc1ccc(Br)c(I)c1. The van der Waals surface area contributed by atoms with Crippen LogP contribution in [0.25, 0.3) is 0 Å². The Bertz CT molecular complexity index is 484. The van der Waals surface area contributed by atoms with Gasteiger partial charge in [0.25, 0.3) is 0 Å². The van der Waals surface area contributed by atoms with Crippen LogP contribution in [-0.2, 0) is 4.79 Å². The van der Waals surface area contributed by atoms with Gasteiger partial charge in [-0.15, -0.1) is 0 Å². The number of nitrogens with one attached hydrogen (secondary N) is 2. The fourth-order valence-electron chi connectivity index (χ4n) is 1.20. The molecule has 0 aliphatic rings. The van der Waals surface area contributed by atoms with Gasteiger partial charge in [-0.1, -0.05) is 0 Å². The van der Waals surface area contributed by atoms with E-state index in [1.165, 1.54) is 0 Å². The quantitative estimate of drug-likeness (QED) is 0.524. The molecule has 0 radical (unpaired) electrons. The molecule has 19 heavy (non-hydrogen) atoms. The van der Waals surface area contributed by atoms with Gasteiger partial charge >= 0.3 is 12.0 Å². The van der Waals surface area contributed by atoms with Gasteiger partial charge in [0.2, 0.25) is 0 Å². The van der Waals surface area contributed by atoms with Gasteiger partial charge in [-0.05, 0) is 56.7 Å². The standard InChI is InChI=1S/C11H12BrIN2O4/c12-7-2-1-6(5-8(7)13)15-11(19)14-4-3-9(16)10(17)18/h1-2,5,9,16H,3-4H2,(H,17,18)(H2,14,15,19)/t9-/m0/s1. The van der Waals surface area contributed by atoms with Gasteiger partial charge in [0.15, 0.2) is 6.10 Å². The average molecular weight is 443 g/mol. The van der Waals surface area contributed by atoms with Gasteiger partial charge in [0.1, 0.15) is 0 Å². The maximum absolute atomic E-state index is 11.5. The Labute approximate surface area is 131 Å². The molecule has 0 unspecified atom stereocenters. The molecule has 0 aromatic heterocycles. The average Bonchev–Trinajstić information content (AvgIpc) is 2.33. The zero-order valence-corrected chi connectivity index (χ0v) is 13.4. The van der Waals surface area contributed by atoms with Crippen LogP contribution in [0.4, 0.5) is 10.5 Å². The number of aliphatic carboxylic acids is 1. The molecule has 104 valence electrons. The monoisotopic (exact) mass is 442 g/mol. The van der Waals surface area contributed by atoms with Gasteiger partial charge in [0.05, 0.1) is 0 Å². The molecule has 4 N–H and O–H groups in total. The smallest absolute Gasteiger partial charge is 0.332 e. The van der Waals surface area contributed by atoms with Gasteiger partial charge in [0, 0.05) is 26.7 Å². The van der Waals surface area contributed by atoms with Crippen molar-refractivity contribution >= 4 is 56.2 Å². The molecule has 1 aromatic carbocycles. The summed E-state index contributed by atoms with van der Waals surface area (Å²) in [5.74, 6) is -1.30. The van der Waals surface area contributed by atoms with Crippen LogP contribution in [0.2, 0.25) is 0 Å². The summed E-state index contributed by atoms with van der Waals surface area (Å²) in [6.45, 7) is 0.0763. The number of hydrogen-bond donors (Lipinski definition) is 4. The maximum atomic E-state index is 11.5. The molecule has 1 aromatic rings. The number of carboxylic acid groups (broad SMARTS) is 1. The Balaban J connectivity index is 2.39. The van der Waals surface area contributed by atoms with E-state index in [0.717, 1.165) is 8.04 Å². The van der Waals surface area contributed by atoms with E-state index in [0.29, 0.717) is 5.69 Å². The first kappa shape index (κ1) is 16.2. The van der Waals surface area contributed by atoms with Crippen LogP contribution in [0.15, 0.2) is 22.7 Å². The number of urea groups is 1. The Kier molecular flexibility index (Phi) is 6.52. The van der Waals surface area contributed by atoms with Gasteiger partial charge in [-0.3, -0.25) is 0 Å². The highest BCUT2D eigenvalue weighted by molar-refractivity contribution is 14.1. The number of halogens is 2. The summed E-state index contributed by atoms with van der Waals surface area (Å²) in [6.07, 6.45) is -1.51. The number of aliphatic hydroxyl groups is 1. The molecule has 1 atom stereocenters. The summed E-state index contributed by atoms with van der Waals surface area (Å²) in [4.78, 5) is 21.8. The number of carbonyl (C=O) groups is 2. The Morgan fingerprint density at radius 2 is 2.11 bits per heavy atom. The number of rotatable bonds is 5. The van der Waals surface area contributed by atoms with E-state index in [9.17, 15) is 9.59 Å². The molecule has 0 fully saturated rings. The number of anilines is 1. The van der Waals surface area contributed by atoms with Crippen molar-refractivity contribution in [3.05, 3.63) is 26.2 Å². The Morgan fingerprint density at radius 1 is 1.42 bits per heavy atom. The summed E-state index contributed by atoms with van der Waals surface area (Å²) in [5.41, 5.74) is 0.629. The highest BCUT2D eigenvalue weighted by Crippen LogP contribution is 2.22. The van der Waals surface area contributed by atoms with Crippen LogP contribution in [-0.4, -0.2) is 34.9 Å². The third-order valence-electron chi connectivity index (χ3n) is 2.17. The summed E-state index contributed by atoms with van der Waals surface area (Å²) in [6, 6.07) is 4.88. The van der Waals surface area contributed by atoms with Crippen molar-refractivity contribution in [1.29, 1.82) is 0 Å². The third kappa shape index (κ3) is 5.74. The lowest BCUT2D eigenvalue weighted by molar-refractivity contribution is -0.146. The third-order valence-corrected chi connectivity index (χ3v) is 4.49. The van der Waals surface area contributed by atoms with Crippen molar-refractivity contribution in [3.63, 3.8) is 0 Å². The molecular formula is C11H12BrIN2O4. The number of amides is 2. The number of aliphatic hydroxyl groups excluding tert-OH is 1. The maximum Gasteiger partial charge on any atom is 0.332 e. The predicted octanol–water partition coefficient (Wildman–Crippen LogP) is 2.01. The van der Waals surface area contributed by atoms with Crippen molar-refractivity contribution in [3.8, 4) is 0 Å². The van der Waals surface area contributed by atoms with E-state index in [1.54, 1.807) is 12.1 Å². The molecule has 0 bridgehead atoms.